The zero-order chi connectivity index (χ0) is 24.6. The van der Waals surface area contributed by atoms with Crippen LogP contribution in [0.25, 0.3) is 0 Å². The fraction of sp³-hybridized carbons (Fsp3) is 0.345. The molecule has 0 bridgehead atoms. The molecule has 0 spiro atoms. The van der Waals surface area contributed by atoms with Gasteiger partial charge in [0.15, 0.2) is 5.54 Å². The van der Waals surface area contributed by atoms with Crippen molar-refractivity contribution in [2.45, 2.75) is 45.2 Å². The van der Waals surface area contributed by atoms with Gasteiger partial charge >= 0.3 is 5.97 Å². The number of carbonyl (C=O) groups is 2. The first-order valence-electron chi connectivity index (χ1n) is 12.3. The summed E-state index contributed by atoms with van der Waals surface area (Å²) in [4.78, 5) is 36.1. The fourth-order valence-electron chi connectivity index (χ4n) is 5.43. The van der Waals surface area contributed by atoms with Crippen molar-refractivity contribution >= 4 is 17.6 Å². The highest BCUT2D eigenvalue weighted by molar-refractivity contribution is 6.06. The molecule has 35 heavy (non-hydrogen) atoms. The number of aromatic nitrogens is 1. The molecule has 1 fully saturated rings. The van der Waals surface area contributed by atoms with Gasteiger partial charge in [0.25, 0.3) is 5.91 Å². The summed E-state index contributed by atoms with van der Waals surface area (Å²) in [6.07, 6.45) is 1.23. The number of cyclic esters (lactones) is 1. The van der Waals surface area contributed by atoms with Gasteiger partial charge in [-0.15, -0.1) is 0 Å². The summed E-state index contributed by atoms with van der Waals surface area (Å²) in [6.45, 7) is 7.76. The van der Waals surface area contributed by atoms with Crippen LogP contribution in [0.2, 0.25) is 0 Å². The van der Waals surface area contributed by atoms with Gasteiger partial charge in [0.2, 0.25) is 0 Å². The number of benzene rings is 2. The van der Waals surface area contributed by atoms with Crippen LogP contribution < -0.4 is 4.90 Å². The summed E-state index contributed by atoms with van der Waals surface area (Å²) >= 11 is 0. The van der Waals surface area contributed by atoms with E-state index in [1.54, 1.807) is 11.8 Å². The summed E-state index contributed by atoms with van der Waals surface area (Å²) in [5, 5.41) is 0. The Balaban J connectivity index is 1.61. The molecule has 5 rings (SSSR count). The number of fused-ring (bicyclic) bond motifs is 3. The topological polar surface area (TPSA) is 62.7 Å². The Morgan fingerprint density at radius 3 is 2.26 bits per heavy atom. The average molecular weight is 470 g/mol. The SMILES string of the molecule is CCN(CC)c1cc2c(nc1Cc1ccccc1)[C@@]1(C)C(=O)OC[C@H](Cc3ccccc3)N1C2=O. The van der Waals surface area contributed by atoms with Crippen molar-refractivity contribution in [1.82, 2.24) is 9.88 Å². The second kappa shape index (κ2) is 9.17. The number of hydrogen-bond acceptors (Lipinski definition) is 5. The molecular weight excluding hydrogens is 438 g/mol. The summed E-state index contributed by atoms with van der Waals surface area (Å²) in [5.41, 5.74) is 3.82. The minimum atomic E-state index is -1.24. The van der Waals surface area contributed by atoms with Crippen molar-refractivity contribution in [1.29, 1.82) is 0 Å². The van der Waals surface area contributed by atoms with Gasteiger partial charge in [-0.25, -0.2) is 4.79 Å². The van der Waals surface area contributed by atoms with Crippen molar-refractivity contribution in [3.05, 3.63) is 94.8 Å². The molecule has 2 aliphatic rings. The minimum absolute atomic E-state index is 0.146. The quantitative estimate of drug-likeness (QED) is 0.481. The van der Waals surface area contributed by atoms with Gasteiger partial charge in [-0.1, -0.05) is 60.7 Å². The molecule has 1 amide bonds. The predicted octanol–water partition coefficient (Wildman–Crippen LogP) is 4.36. The Labute approximate surface area is 206 Å². The molecule has 3 heterocycles. The van der Waals surface area contributed by atoms with Crippen molar-refractivity contribution in [2.24, 2.45) is 0 Å². The lowest BCUT2D eigenvalue weighted by Crippen LogP contribution is -2.59. The van der Waals surface area contributed by atoms with Crippen LogP contribution in [-0.2, 0) is 27.9 Å². The smallest absolute Gasteiger partial charge is 0.338 e. The third kappa shape index (κ3) is 3.87. The summed E-state index contributed by atoms with van der Waals surface area (Å²) < 4.78 is 5.68. The maximum Gasteiger partial charge on any atom is 0.338 e. The molecule has 6 nitrogen and oxygen atoms in total. The molecule has 180 valence electrons. The highest BCUT2D eigenvalue weighted by Crippen LogP contribution is 2.45. The third-order valence-electron chi connectivity index (χ3n) is 7.27. The molecule has 3 aromatic rings. The van der Waals surface area contributed by atoms with E-state index in [-0.39, 0.29) is 18.6 Å². The fourth-order valence-corrected chi connectivity index (χ4v) is 5.43. The summed E-state index contributed by atoms with van der Waals surface area (Å²) in [5.74, 6) is -0.560. The Morgan fingerprint density at radius 1 is 1.00 bits per heavy atom. The lowest BCUT2D eigenvalue weighted by molar-refractivity contribution is -0.169. The molecule has 2 aromatic carbocycles. The molecule has 0 unspecified atom stereocenters. The van der Waals surface area contributed by atoms with E-state index in [9.17, 15) is 9.59 Å². The highest BCUT2D eigenvalue weighted by Gasteiger charge is 2.59. The van der Waals surface area contributed by atoms with Crippen molar-refractivity contribution in [2.75, 3.05) is 24.6 Å². The highest BCUT2D eigenvalue weighted by atomic mass is 16.5. The minimum Gasteiger partial charge on any atom is -0.461 e. The van der Waals surface area contributed by atoms with Gasteiger partial charge in [0, 0.05) is 19.5 Å². The Morgan fingerprint density at radius 2 is 1.63 bits per heavy atom. The first kappa shape index (κ1) is 23.1. The predicted molar refractivity (Wildman–Crippen MR) is 135 cm³/mol. The monoisotopic (exact) mass is 469 g/mol. The first-order valence-corrected chi connectivity index (χ1v) is 12.3. The van der Waals surface area contributed by atoms with Crippen molar-refractivity contribution < 1.29 is 14.3 Å². The third-order valence-corrected chi connectivity index (χ3v) is 7.27. The lowest BCUT2D eigenvalue weighted by Gasteiger charge is -2.43. The Kier molecular flexibility index (Phi) is 6.05. The van der Waals surface area contributed by atoms with E-state index in [1.165, 1.54) is 0 Å². The van der Waals surface area contributed by atoms with E-state index >= 15 is 0 Å². The average Bonchev–Trinajstić information content (AvgIpc) is 3.11. The maximum atomic E-state index is 13.9. The number of carbonyl (C=O) groups excluding carboxylic acids is 2. The van der Waals surface area contributed by atoms with Crippen molar-refractivity contribution in [3.63, 3.8) is 0 Å². The summed E-state index contributed by atoms with van der Waals surface area (Å²) in [7, 11) is 0. The molecule has 0 aliphatic carbocycles. The van der Waals surface area contributed by atoms with Gasteiger partial charge < -0.3 is 14.5 Å². The van der Waals surface area contributed by atoms with Crippen LogP contribution in [0.1, 0.15) is 53.6 Å². The van der Waals surface area contributed by atoms with Crippen LogP contribution in [0.4, 0.5) is 5.69 Å². The molecule has 1 saturated heterocycles. The van der Waals surface area contributed by atoms with Gasteiger partial charge in [-0.05, 0) is 44.4 Å². The molecule has 2 atom stereocenters. The Hall–Kier alpha value is -3.67. The van der Waals surface area contributed by atoms with E-state index < -0.39 is 11.5 Å². The van der Waals surface area contributed by atoms with Gasteiger partial charge in [-0.2, -0.15) is 0 Å². The molecule has 0 radical (unpaired) electrons. The molecule has 1 aromatic heterocycles. The first-order chi connectivity index (χ1) is 17.0. The normalized spacial score (nSPS) is 20.9. The van der Waals surface area contributed by atoms with E-state index in [0.29, 0.717) is 24.1 Å². The Bertz CT molecular complexity index is 1240. The number of morpholine rings is 1. The van der Waals surface area contributed by atoms with Gasteiger partial charge in [-0.3, -0.25) is 9.78 Å². The zero-order valence-corrected chi connectivity index (χ0v) is 20.5. The number of pyridine rings is 1. The van der Waals surface area contributed by atoms with Gasteiger partial charge in [0.1, 0.15) is 6.61 Å². The summed E-state index contributed by atoms with van der Waals surface area (Å²) in [6, 6.07) is 21.9. The standard InChI is InChI=1S/C29H31N3O3/c1-4-31(5-2)25-18-23-26(30-24(25)17-21-14-10-7-11-15-21)29(3)28(34)35-19-22(32(29)27(23)33)16-20-12-8-6-9-13-20/h6-15,18,22H,4-5,16-17,19H2,1-3H3/t22-,29-/m0/s1. The van der Waals surface area contributed by atoms with Crippen LogP contribution >= 0.6 is 0 Å². The molecule has 2 aliphatic heterocycles. The molecule has 0 N–H and O–H groups in total. The van der Waals surface area contributed by atoms with Crippen LogP contribution in [0.15, 0.2) is 66.7 Å². The van der Waals surface area contributed by atoms with E-state index in [0.717, 1.165) is 35.6 Å². The zero-order valence-electron chi connectivity index (χ0n) is 20.5. The number of esters is 1. The van der Waals surface area contributed by atoms with Crippen LogP contribution in [0.3, 0.4) is 0 Å². The second-order valence-electron chi connectivity index (χ2n) is 9.37. The van der Waals surface area contributed by atoms with Crippen LogP contribution in [-0.4, -0.2) is 47.5 Å². The number of rotatable bonds is 7. The number of nitrogens with zero attached hydrogens (tertiary/aromatic N) is 3. The maximum absolute atomic E-state index is 13.9. The van der Waals surface area contributed by atoms with Gasteiger partial charge in [0.05, 0.1) is 28.7 Å². The molecule has 6 heteroatoms. The number of anilines is 1. The lowest BCUT2D eigenvalue weighted by atomic mass is 9.91. The van der Waals surface area contributed by atoms with Crippen LogP contribution in [0, 0.1) is 0 Å². The largest absolute Gasteiger partial charge is 0.461 e. The van der Waals surface area contributed by atoms with Crippen molar-refractivity contribution in [3.8, 4) is 0 Å². The number of hydrogen-bond donors (Lipinski definition) is 0. The second-order valence-corrected chi connectivity index (χ2v) is 9.37. The van der Waals surface area contributed by atoms with E-state index in [1.807, 2.05) is 54.6 Å². The van der Waals surface area contributed by atoms with Crippen LogP contribution in [0.5, 0.6) is 0 Å². The number of amides is 1. The molecular formula is C29H31N3O3. The van der Waals surface area contributed by atoms with E-state index in [2.05, 4.69) is 30.9 Å². The van der Waals surface area contributed by atoms with E-state index in [4.69, 9.17) is 9.72 Å². The molecule has 0 saturated carbocycles. The number of ether oxygens (including phenoxy) is 1.